The van der Waals surface area contributed by atoms with E-state index in [0.29, 0.717) is 44.4 Å². The zero-order valence-corrected chi connectivity index (χ0v) is 13.9. The molecule has 0 aliphatic carbocycles. The molecule has 132 valence electrons. The summed E-state index contributed by atoms with van der Waals surface area (Å²) in [4.78, 5) is 24.0. The van der Waals surface area contributed by atoms with E-state index in [1.54, 1.807) is 0 Å². The van der Waals surface area contributed by atoms with Crippen molar-refractivity contribution in [2.75, 3.05) is 26.9 Å². The summed E-state index contributed by atoms with van der Waals surface area (Å²) < 4.78 is 17.1. The van der Waals surface area contributed by atoms with Crippen LogP contribution in [0.2, 0.25) is 0 Å². The SMILES string of the molecule is COCCn1nc(C(=O)NCc2ccc3c(c2)OCCO3)ccc1=O. The number of benzene rings is 1. The maximum Gasteiger partial charge on any atom is 0.271 e. The molecule has 0 unspecified atom stereocenters. The Balaban J connectivity index is 1.65. The molecular weight excluding hydrogens is 326 g/mol. The number of hydrogen-bond acceptors (Lipinski definition) is 6. The van der Waals surface area contributed by atoms with Crippen LogP contribution in [0.4, 0.5) is 0 Å². The normalized spacial score (nSPS) is 12.7. The summed E-state index contributed by atoms with van der Waals surface area (Å²) in [5.41, 5.74) is 0.777. The molecule has 8 heteroatoms. The van der Waals surface area contributed by atoms with E-state index in [2.05, 4.69) is 10.4 Å². The second-order valence-electron chi connectivity index (χ2n) is 5.43. The lowest BCUT2D eigenvalue weighted by molar-refractivity contribution is 0.0942. The van der Waals surface area contributed by atoms with Crippen LogP contribution in [0.3, 0.4) is 0 Å². The molecule has 0 fully saturated rings. The molecular formula is C17H19N3O5. The van der Waals surface area contributed by atoms with E-state index < -0.39 is 0 Å². The Labute approximate surface area is 144 Å². The van der Waals surface area contributed by atoms with Gasteiger partial charge in [-0.2, -0.15) is 5.10 Å². The predicted molar refractivity (Wildman–Crippen MR) is 89.0 cm³/mol. The average molecular weight is 345 g/mol. The Morgan fingerprint density at radius 3 is 2.84 bits per heavy atom. The van der Waals surface area contributed by atoms with E-state index in [9.17, 15) is 9.59 Å². The molecule has 0 atom stereocenters. The molecule has 0 spiro atoms. The first-order valence-corrected chi connectivity index (χ1v) is 7.91. The molecule has 0 saturated carbocycles. The standard InChI is InChI=1S/C17H19N3O5/c1-23-7-6-20-16(21)5-3-13(19-20)17(22)18-11-12-2-4-14-15(10-12)25-9-8-24-14/h2-5,10H,6-9,11H2,1H3,(H,18,22). The molecule has 3 rings (SSSR count). The van der Waals surface area contributed by atoms with E-state index >= 15 is 0 Å². The summed E-state index contributed by atoms with van der Waals surface area (Å²) in [5, 5.41) is 6.84. The number of methoxy groups -OCH3 is 1. The molecule has 1 aromatic carbocycles. The Bertz CT molecular complexity index is 818. The van der Waals surface area contributed by atoms with Crippen molar-refractivity contribution in [3.63, 3.8) is 0 Å². The van der Waals surface area contributed by atoms with Gasteiger partial charge in [-0.15, -0.1) is 0 Å². The third-order valence-corrected chi connectivity index (χ3v) is 3.67. The third-order valence-electron chi connectivity index (χ3n) is 3.67. The van der Waals surface area contributed by atoms with Crippen LogP contribution in [0.5, 0.6) is 11.5 Å². The van der Waals surface area contributed by atoms with Crippen LogP contribution in [0, 0.1) is 0 Å². The molecule has 1 N–H and O–H groups in total. The van der Waals surface area contributed by atoms with Crippen LogP contribution >= 0.6 is 0 Å². The van der Waals surface area contributed by atoms with Gasteiger partial charge in [0.05, 0.1) is 13.2 Å². The zero-order valence-electron chi connectivity index (χ0n) is 13.9. The monoisotopic (exact) mass is 345 g/mol. The Morgan fingerprint density at radius 2 is 2.04 bits per heavy atom. The number of hydrogen-bond donors (Lipinski definition) is 1. The topological polar surface area (TPSA) is 91.7 Å². The number of nitrogens with zero attached hydrogens (tertiary/aromatic N) is 2. The summed E-state index contributed by atoms with van der Waals surface area (Å²) in [6.07, 6.45) is 0. The van der Waals surface area contributed by atoms with Gasteiger partial charge < -0.3 is 19.5 Å². The quantitative estimate of drug-likeness (QED) is 0.824. The fourth-order valence-corrected chi connectivity index (χ4v) is 2.38. The number of aromatic nitrogens is 2. The molecule has 2 heterocycles. The second-order valence-corrected chi connectivity index (χ2v) is 5.43. The number of rotatable bonds is 6. The zero-order chi connectivity index (χ0) is 17.6. The number of carbonyl (C=O) groups excluding carboxylic acids is 1. The smallest absolute Gasteiger partial charge is 0.271 e. The summed E-state index contributed by atoms with van der Waals surface area (Å²) >= 11 is 0. The van der Waals surface area contributed by atoms with Crippen molar-refractivity contribution in [2.45, 2.75) is 13.1 Å². The first kappa shape index (κ1) is 17.0. The van der Waals surface area contributed by atoms with Crippen LogP contribution in [0.25, 0.3) is 0 Å². The maximum absolute atomic E-state index is 12.3. The fraction of sp³-hybridized carbons (Fsp3) is 0.353. The van der Waals surface area contributed by atoms with Gasteiger partial charge in [0, 0.05) is 19.7 Å². The van der Waals surface area contributed by atoms with Gasteiger partial charge in [-0.25, -0.2) is 4.68 Å². The van der Waals surface area contributed by atoms with E-state index in [-0.39, 0.29) is 17.2 Å². The molecule has 1 aliphatic heterocycles. The van der Waals surface area contributed by atoms with Crippen LogP contribution in [-0.2, 0) is 17.8 Å². The molecule has 1 amide bonds. The van der Waals surface area contributed by atoms with E-state index in [4.69, 9.17) is 14.2 Å². The van der Waals surface area contributed by atoms with E-state index in [1.165, 1.54) is 23.9 Å². The Kier molecular flexibility index (Phi) is 5.30. The van der Waals surface area contributed by atoms with Gasteiger partial charge in [-0.05, 0) is 23.8 Å². The van der Waals surface area contributed by atoms with Gasteiger partial charge >= 0.3 is 0 Å². The second kappa shape index (κ2) is 7.80. The summed E-state index contributed by atoms with van der Waals surface area (Å²) in [6.45, 7) is 1.99. The summed E-state index contributed by atoms with van der Waals surface area (Å²) in [6, 6.07) is 8.24. The summed E-state index contributed by atoms with van der Waals surface area (Å²) in [7, 11) is 1.54. The van der Waals surface area contributed by atoms with E-state index in [1.807, 2.05) is 18.2 Å². The molecule has 0 saturated heterocycles. The minimum Gasteiger partial charge on any atom is -0.486 e. The minimum absolute atomic E-state index is 0.174. The molecule has 0 radical (unpaired) electrons. The highest BCUT2D eigenvalue weighted by atomic mass is 16.6. The fourth-order valence-electron chi connectivity index (χ4n) is 2.38. The molecule has 1 aromatic heterocycles. The predicted octanol–water partition coefficient (Wildman–Crippen LogP) is 0.591. The lowest BCUT2D eigenvalue weighted by atomic mass is 10.2. The van der Waals surface area contributed by atoms with Crippen molar-refractivity contribution in [3.05, 3.63) is 51.9 Å². The number of amides is 1. The number of carbonyl (C=O) groups is 1. The van der Waals surface area contributed by atoms with Crippen LogP contribution in [0.1, 0.15) is 16.1 Å². The molecule has 2 aromatic rings. The van der Waals surface area contributed by atoms with Crippen molar-refractivity contribution in [3.8, 4) is 11.5 Å². The Morgan fingerprint density at radius 1 is 1.24 bits per heavy atom. The molecule has 25 heavy (non-hydrogen) atoms. The molecule has 1 aliphatic rings. The lowest BCUT2D eigenvalue weighted by Crippen LogP contribution is -2.30. The first-order valence-electron chi connectivity index (χ1n) is 7.91. The van der Waals surface area contributed by atoms with Gasteiger partial charge in [0.25, 0.3) is 11.5 Å². The highest BCUT2D eigenvalue weighted by molar-refractivity contribution is 5.91. The van der Waals surface area contributed by atoms with Gasteiger partial charge in [-0.1, -0.05) is 6.07 Å². The number of ether oxygens (including phenoxy) is 3. The summed E-state index contributed by atoms with van der Waals surface area (Å²) in [5.74, 6) is 1.01. The number of nitrogens with one attached hydrogen (secondary N) is 1. The van der Waals surface area contributed by atoms with E-state index in [0.717, 1.165) is 5.56 Å². The van der Waals surface area contributed by atoms with Crippen molar-refractivity contribution in [1.29, 1.82) is 0 Å². The van der Waals surface area contributed by atoms with Crippen molar-refractivity contribution >= 4 is 5.91 Å². The average Bonchev–Trinajstić information content (AvgIpc) is 2.65. The highest BCUT2D eigenvalue weighted by Crippen LogP contribution is 2.30. The third kappa shape index (κ3) is 4.16. The molecule has 0 bridgehead atoms. The van der Waals surface area contributed by atoms with Gasteiger partial charge in [0.2, 0.25) is 0 Å². The minimum atomic E-state index is -0.360. The highest BCUT2D eigenvalue weighted by Gasteiger charge is 2.13. The largest absolute Gasteiger partial charge is 0.486 e. The van der Waals surface area contributed by atoms with Crippen molar-refractivity contribution in [1.82, 2.24) is 15.1 Å². The maximum atomic E-state index is 12.3. The van der Waals surface area contributed by atoms with Gasteiger partial charge in [-0.3, -0.25) is 9.59 Å². The molecule has 8 nitrogen and oxygen atoms in total. The van der Waals surface area contributed by atoms with Crippen LogP contribution in [-0.4, -0.2) is 42.6 Å². The van der Waals surface area contributed by atoms with Crippen molar-refractivity contribution < 1.29 is 19.0 Å². The first-order chi connectivity index (χ1) is 12.2. The van der Waals surface area contributed by atoms with Crippen molar-refractivity contribution in [2.24, 2.45) is 0 Å². The van der Waals surface area contributed by atoms with Crippen LogP contribution in [0.15, 0.2) is 35.1 Å². The van der Waals surface area contributed by atoms with Gasteiger partial charge in [0.15, 0.2) is 11.5 Å². The number of fused-ring (bicyclic) bond motifs is 1. The Hall–Kier alpha value is -2.87. The lowest BCUT2D eigenvalue weighted by Gasteiger charge is -2.19. The van der Waals surface area contributed by atoms with Crippen LogP contribution < -0.4 is 20.3 Å². The van der Waals surface area contributed by atoms with Gasteiger partial charge in [0.1, 0.15) is 18.9 Å².